The Morgan fingerprint density at radius 3 is 2.37 bits per heavy atom. The highest BCUT2D eigenvalue weighted by molar-refractivity contribution is 5.79. The van der Waals surface area contributed by atoms with E-state index in [2.05, 4.69) is 5.32 Å². The lowest BCUT2D eigenvalue weighted by molar-refractivity contribution is -0.143. The largest absolute Gasteiger partial charge is 0.481 e. The molecule has 2 aliphatic rings. The third-order valence-corrected chi connectivity index (χ3v) is 3.70. The van der Waals surface area contributed by atoms with Crippen LogP contribution in [-0.2, 0) is 9.59 Å². The average molecular weight is 269 g/mol. The SMILES string of the molecule is O=C1CCN(C(=O)N2CCC(C(=O)O)CC2)CCN1. The third kappa shape index (κ3) is 3.36. The first-order valence-corrected chi connectivity index (χ1v) is 6.61. The van der Waals surface area contributed by atoms with Gasteiger partial charge in [-0.25, -0.2) is 4.79 Å². The Labute approximate surface area is 111 Å². The first-order valence-electron chi connectivity index (χ1n) is 6.61. The van der Waals surface area contributed by atoms with E-state index in [0.29, 0.717) is 52.0 Å². The van der Waals surface area contributed by atoms with Crippen LogP contribution < -0.4 is 5.32 Å². The minimum Gasteiger partial charge on any atom is -0.481 e. The monoisotopic (exact) mass is 269 g/mol. The molecular weight excluding hydrogens is 250 g/mol. The first-order chi connectivity index (χ1) is 9.08. The van der Waals surface area contributed by atoms with Crippen LogP contribution in [0.4, 0.5) is 4.79 Å². The molecule has 0 spiro atoms. The molecule has 2 N–H and O–H groups in total. The third-order valence-electron chi connectivity index (χ3n) is 3.70. The van der Waals surface area contributed by atoms with Gasteiger partial charge in [-0.3, -0.25) is 9.59 Å². The van der Waals surface area contributed by atoms with Crippen molar-refractivity contribution in [3.63, 3.8) is 0 Å². The second-order valence-electron chi connectivity index (χ2n) is 4.97. The molecule has 106 valence electrons. The lowest BCUT2D eigenvalue weighted by Gasteiger charge is -2.34. The molecule has 0 aromatic rings. The molecule has 3 amide bonds. The maximum Gasteiger partial charge on any atom is 0.320 e. The van der Waals surface area contributed by atoms with Crippen molar-refractivity contribution in [2.45, 2.75) is 19.3 Å². The van der Waals surface area contributed by atoms with Gasteiger partial charge in [-0.15, -0.1) is 0 Å². The van der Waals surface area contributed by atoms with E-state index in [9.17, 15) is 14.4 Å². The Balaban J connectivity index is 1.86. The molecule has 2 aliphatic heterocycles. The summed E-state index contributed by atoms with van der Waals surface area (Å²) in [4.78, 5) is 37.7. The fourth-order valence-corrected chi connectivity index (χ4v) is 2.48. The Morgan fingerprint density at radius 2 is 1.74 bits per heavy atom. The molecule has 2 heterocycles. The van der Waals surface area contributed by atoms with Gasteiger partial charge in [0.05, 0.1) is 5.92 Å². The number of amides is 3. The van der Waals surface area contributed by atoms with Crippen molar-refractivity contribution in [2.75, 3.05) is 32.7 Å². The summed E-state index contributed by atoms with van der Waals surface area (Å²) in [6.45, 7) is 2.39. The van der Waals surface area contributed by atoms with Gasteiger partial charge in [0, 0.05) is 39.1 Å². The summed E-state index contributed by atoms with van der Waals surface area (Å²) in [5, 5.41) is 11.6. The molecular formula is C12H19N3O4. The minimum atomic E-state index is -0.781. The van der Waals surface area contributed by atoms with Crippen molar-refractivity contribution in [3.05, 3.63) is 0 Å². The second-order valence-corrected chi connectivity index (χ2v) is 4.97. The van der Waals surface area contributed by atoms with Crippen molar-refractivity contribution in [3.8, 4) is 0 Å². The summed E-state index contributed by atoms with van der Waals surface area (Å²) in [6.07, 6.45) is 1.34. The average Bonchev–Trinajstić information content (AvgIpc) is 2.63. The van der Waals surface area contributed by atoms with Gasteiger partial charge < -0.3 is 20.2 Å². The normalized spacial score (nSPS) is 21.8. The zero-order valence-corrected chi connectivity index (χ0v) is 10.8. The Bertz CT molecular complexity index is 377. The van der Waals surface area contributed by atoms with Crippen LogP contribution >= 0.6 is 0 Å². The number of likely N-dealkylation sites (tertiary alicyclic amines) is 1. The number of carbonyl (C=O) groups excluding carboxylic acids is 2. The summed E-state index contributed by atoms with van der Waals surface area (Å²) in [7, 11) is 0. The number of carboxylic acids is 1. The van der Waals surface area contributed by atoms with Crippen LogP contribution in [0.2, 0.25) is 0 Å². The summed E-state index contributed by atoms with van der Waals surface area (Å²) in [6, 6.07) is -0.0830. The van der Waals surface area contributed by atoms with Crippen molar-refractivity contribution in [2.24, 2.45) is 5.92 Å². The van der Waals surface area contributed by atoms with Crippen LogP contribution in [-0.4, -0.2) is 65.5 Å². The number of rotatable bonds is 1. The number of piperidine rings is 1. The van der Waals surface area contributed by atoms with Crippen LogP contribution in [0.15, 0.2) is 0 Å². The maximum absolute atomic E-state index is 12.3. The quantitative estimate of drug-likeness (QED) is 0.685. The zero-order valence-electron chi connectivity index (χ0n) is 10.8. The van der Waals surface area contributed by atoms with Gasteiger partial charge in [0.25, 0.3) is 0 Å². The molecule has 2 rings (SSSR count). The smallest absolute Gasteiger partial charge is 0.320 e. The topological polar surface area (TPSA) is 90.0 Å². The molecule has 0 bridgehead atoms. The zero-order chi connectivity index (χ0) is 13.8. The molecule has 0 aromatic heterocycles. The molecule has 0 radical (unpaired) electrons. The fourth-order valence-electron chi connectivity index (χ4n) is 2.48. The first kappa shape index (κ1) is 13.6. The van der Waals surface area contributed by atoms with Gasteiger partial charge in [-0.05, 0) is 12.8 Å². The van der Waals surface area contributed by atoms with Crippen LogP contribution in [0.5, 0.6) is 0 Å². The highest BCUT2D eigenvalue weighted by Crippen LogP contribution is 2.18. The van der Waals surface area contributed by atoms with Gasteiger partial charge in [0.1, 0.15) is 0 Å². The van der Waals surface area contributed by atoms with E-state index in [4.69, 9.17) is 5.11 Å². The van der Waals surface area contributed by atoms with E-state index < -0.39 is 5.97 Å². The fraction of sp³-hybridized carbons (Fsp3) is 0.750. The molecule has 2 saturated heterocycles. The molecule has 19 heavy (non-hydrogen) atoms. The van der Waals surface area contributed by atoms with E-state index in [1.807, 2.05) is 0 Å². The predicted molar refractivity (Wildman–Crippen MR) is 66.5 cm³/mol. The van der Waals surface area contributed by atoms with E-state index in [1.54, 1.807) is 9.80 Å². The van der Waals surface area contributed by atoms with Gasteiger partial charge in [-0.2, -0.15) is 0 Å². The molecule has 2 fully saturated rings. The molecule has 0 aromatic carbocycles. The summed E-state index contributed by atoms with van der Waals surface area (Å²) in [5.74, 6) is -1.15. The van der Waals surface area contributed by atoms with Gasteiger partial charge >= 0.3 is 12.0 Å². The number of nitrogens with one attached hydrogen (secondary N) is 1. The standard InChI is InChI=1S/C12H19N3O4/c16-10-3-7-15(8-4-13-10)12(19)14-5-1-9(2-6-14)11(17)18/h9H,1-8H2,(H,13,16)(H,17,18). The van der Waals surface area contributed by atoms with E-state index in [-0.39, 0.29) is 17.9 Å². The Kier molecular flexibility index (Phi) is 4.24. The minimum absolute atomic E-state index is 0.0279. The molecule has 0 aliphatic carbocycles. The molecule has 0 unspecified atom stereocenters. The number of carboxylic acid groups (broad SMARTS) is 1. The van der Waals surface area contributed by atoms with Gasteiger partial charge in [0.2, 0.25) is 5.91 Å². The Morgan fingerprint density at radius 1 is 1.11 bits per heavy atom. The number of aliphatic carboxylic acids is 1. The van der Waals surface area contributed by atoms with Crippen molar-refractivity contribution in [1.82, 2.24) is 15.1 Å². The number of urea groups is 1. The van der Waals surface area contributed by atoms with Gasteiger partial charge in [-0.1, -0.05) is 0 Å². The summed E-state index contributed by atoms with van der Waals surface area (Å²) >= 11 is 0. The Hall–Kier alpha value is -1.79. The van der Waals surface area contributed by atoms with Crippen molar-refractivity contribution in [1.29, 1.82) is 0 Å². The predicted octanol–water partition coefficient (Wildman–Crippen LogP) is -0.275. The van der Waals surface area contributed by atoms with Crippen molar-refractivity contribution >= 4 is 17.9 Å². The molecule has 7 heteroatoms. The van der Waals surface area contributed by atoms with Crippen LogP contribution in [0.3, 0.4) is 0 Å². The summed E-state index contributed by atoms with van der Waals surface area (Å²) in [5.41, 5.74) is 0. The van der Waals surface area contributed by atoms with E-state index in [0.717, 1.165) is 0 Å². The van der Waals surface area contributed by atoms with E-state index in [1.165, 1.54) is 0 Å². The van der Waals surface area contributed by atoms with Crippen LogP contribution in [0.1, 0.15) is 19.3 Å². The number of carbonyl (C=O) groups is 3. The summed E-state index contributed by atoms with van der Waals surface area (Å²) < 4.78 is 0. The molecule has 7 nitrogen and oxygen atoms in total. The highest BCUT2D eigenvalue weighted by Gasteiger charge is 2.29. The van der Waals surface area contributed by atoms with E-state index >= 15 is 0 Å². The number of nitrogens with zero attached hydrogens (tertiary/aromatic N) is 2. The van der Waals surface area contributed by atoms with Crippen LogP contribution in [0, 0.1) is 5.92 Å². The van der Waals surface area contributed by atoms with Crippen LogP contribution in [0.25, 0.3) is 0 Å². The highest BCUT2D eigenvalue weighted by atomic mass is 16.4. The lowest BCUT2D eigenvalue weighted by atomic mass is 9.97. The van der Waals surface area contributed by atoms with Gasteiger partial charge in [0.15, 0.2) is 0 Å². The second kappa shape index (κ2) is 5.90. The van der Waals surface area contributed by atoms with Crippen molar-refractivity contribution < 1.29 is 19.5 Å². The lowest BCUT2D eigenvalue weighted by Crippen LogP contribution is -2.48. The number of hydrogen-bond donors (Lipinski definition) is 2. The molecule has 0 saturated carbocycles. The molecule has 0 atom stereocenters. The maximum atomic E-state index is 12.3. The number of hydrogen-bond acceptors (Lipinski definition) is 3.